The SMILES string of the molecule is CCOP(=O)(OCC)C(F)(F)C1CC[C@@H](c2ccccc2)O1. The molecule has 1 heterocycles. The molecule has 0 aromatic heterocycles. The molecule has 1 aromatic rings. The van der Waals surface area contributed by atoms with Crippen LogP contribution < -0.4 is 0 Å². The molecule has 1 unspecified atom stereocenters. The van der Waals surface area contributed by atoms with E-state index in [1.807, 2.05) is 30.3 Å². The van der Waals surface area contributed by atoms with Crippen LogP contribution in [0.3, 0.4) is 0 Å². The second kappa shape index (κ2) is 7.18. The molecule has 0 saturated carbocycles. The van der Waals surface area contributed by atoms with Gasteiger partial charge in [0.25, 0.3) is 0 Å². The van der Waals surface area contributed by atoms with Crippen molar-refractivity contribution >= 4 is 7.60 Å². The molecule has 4 nitrogen and oxygen atoms in total. The molecule has 0 N–H and O–H groups in total. The summed E-state index contributed by atoms with van der Waals surface area (Å²) in [6, 6.07) is 9.17. The zero-order valence-corrected chi connectivity index (χ0v) is 13.6. The van der Waals surface area contributed by atoms with Gasteiger partial charge < -0.3 is 13.8 Å². The van der Waals surface area contributed by atoms with E-state index in [1.54, 1.807) is 0 Å². The summed E-state index contributed by atoms with van der Waals surface area (Å²) in [4.78, 5) is 0. The van der Waals surface area contributed by atoms with Gasteiger partial charge >= 0.3 is 13.3 Å². The molecule has 0 bridgehead atoms. The topological polar surface area (TPSA) is 44.8 Å². The van der Waals surface area contributed by atoms with Crippen molar-refractivity contribution < 1.29 is 27.1 Å². The molecule has 22 heavy (non-hydrogen) atoms. The predicted octanol–water partition coefficient (Wildman–Crippen LogP) is 4.77. The molecule has 0 radical (unpaired) electrons. The van der Waals surface area contributed by atoms with Crippen LogP contribution in [0.25, 0.3) is 0 Å². The Morgan fingerprint density at radius 2 is 1.77 bits per heavy atom. The van der Waals surface area contributed by atoms with Crippen LogP contribution >= 0.6 is 7.60 Å². The Balaban J connectivity index is 2.15. The number of benzene rings is 1. The minimum atomic E-state index is -4.55. The second-order valence-electron chi connectivity index (χ2n) is 5.02. The molecular formula is C15H21F2O4P. The average molecular weight is 334 g/mol. The van der Waals surface area contributed by atoms with Crippen molar-refractivity contribution in [1.29, 1.82) is 0 Å². The van der Waals surface area contributed by atoms with Gasteiger partial charge in [0.1, 0.15) is 6.10 Å². The third kappa shape index (κ3) is 3.40. The van der Waals surface area contributed by atoms with Crippen molar-refractivity contribution in [1.82, 2.24) is 0 Å². The number of hydrogen-bond acceptors (Lipinski definition) is 4. The monoisotopic (exact) mass is 334 g/mol. The Hall–Kier alpha value is -0.810. The molecule has 0 spiro atoms. The Kier molecular flexibility index (Phi) is 5.72. The summed E-state index contributed by atoms with van der Waals surface area (Å²) in [6.45, 7) is 2.79. The lowest BCUT2D eigenvalue weighted by Crippen LogP contribution is -2.34. The van der Waals surface area contributed by atoms with E-state index in [2.05, 4.69) is 0 Å². The maximum absolute atomic E-state index is 14.6. The standard InChI is InChI=1S/C15H21F2O4P/c1-3-19-22(18,20-4-2)15(16,17)14-11-10-13(21-14)12-8-6-5-7-9-12/h5-9,13-14H,3-4,10-11H2,1-2H3/t13-,14?/m0/s1. The summed E-state index contributed by atoms with van der Waals surface area (Å²) in [5.74, 6) is 0. The lowest BCUT2D eigenvalue weighted by Gasteiger charge is -2.29. The smallest absolute Gasteiger partial charge is 0.363 e. The van der Waals surface area contributed by atoms with Gasteiger partial charge in [-0.1, -0.05) is 30.3 Å². The fourth-order valence-electron chi connectivity index (χ4n) is 2.53. The van der Waals surface area contributed by atoms with Gasteiger partial charge in [-0.05, 0) is 32.3 Å². The van der Waals surface area contributed by atoms with Crippen LogP contribution in [0.1, 0.15) is 38.4 Å². The van der Waals surface area contributed by atoms with Gasteiger partial charge in [0.05, 0.1) is 19.3 Å². The van der Waals surface area contributed by atoms with E-state index in [0.717, 1.165) is 5.56 Å². The molecule has 1 aliphatic heterocycles. The zero-order chi connectivity index (χ0) is 16.2. The number of rotatable bonds is 7. The van der Waals surface area contributed by atoms with Crippen molar-refractivity contribution in [2.24, 2.45) is 0 Å². The van der Waals surface area contributed by atoms with Gasteiger partial charge in [0.2, 0.25) is 0 Å². The highest BCUT2D eigenvalue weighted by molar-refractivity contribution is 7.55. The quantitative estimate of drug-likeness (QED) is 0.674. The molecule has 1 aromatic carbocycles. The summed E-state index contributed by atoms with van der Waals surface area (Å²) in [7, 11) is -4.55. The van der Waals surface area contributed by atoms with Crippen molar-refractivity contribution in [3.8, 4) is 0 Å². The van der Waals surface area contributed by atoms with E-state index in [4.69, 9.17) is 13.8 Å². The summed E-state index contributed by atoms with van der Waals surface area (Å²) in [5.41, 5.74) is -2.83. The Morgan fingerprint density at radius 3 is 2.32 bits per heavy atom. The van der Waals surface area contributed by atoms with Gasteiger partial charge in [-0.3, -0.25) is 4.57 Å². The van der Waals surface area contributed by atoms with Crippen molar-refractivity contribution in [3.63, 3.8) is 0 Å². The molecule has 0 aliphatic carbocycles. The lowest BCUT2D eigenvalue weighted by atomic mass is 10.1. The van der Waals surface area contributed by atoms with Gasteiger partial charge in [-0.25, -0.2) is 0 Å². The Morgan fingerprint density at radius 1 is 1.18 bits per heavy atom. The van der Waals surface area contributed by atoms with Gasteiger partial charge in [-0.2, -0.15) is 8.78 Å². The minimum Gasteiger partial charge on any atom is -0.363 e. The number of halogens is 2. The van der Waals surface area contributed by atoms with E-state index >= 15 is 0 Å². The fourth-order valence-corrected chi connectivity index (χ4v) is 4.17. The summed E-state index contributed by atoms with van der Waals surface area (Å²) < 4.78 is 56.6. The largest absolute Gasteiger partial charge is 0.402 e. The van der Waals surface area contributed by atoms with Crippen LogP contribution in [0.2, 0.25) is 0 Å². The molecule has 2 atom stereocenters. The van der Waals surface area contributed by atoms with Gasteiger partial charge in [0.15, 0.2) is 0 Å². The highest BCUT2D eigenvalue weighted by atomic mass is 31.2. The molecule has 2 rings (SSSR count). The van der Waals surface area contributed by atoms with Crippen molar-refractivity contribution in [2.75, 3.05) is 13.2 Å². The zero-order valence-electron chi connectivity index (χ0n) is 12.7. The third-order valence-electron chi connectivity index (χ3n) is 3.54. The molecule has 124 valence electrons. The van der Waals surface area contributed by atoms with E-state index in [1.165, 1.54) is 13.8 Å². The van der Waals surface area contributed by atoms with Gasteiger partial charge in [-0.15, -0.1) is 0 Å². The average Bonchev–Trinajstić information content (AvgIpc) is 2.99. The minimum absolute atomic E-state index is 0.108. The molecular weight excluding hydrogens is 313 g/mol. The van der Waals surface area contributed by atoms with Crippen LogP contribution in [0, 0.1) is 0 Å². The van der Waals surface area contributed by atoms with Crippen molar-refractivity contribution in [3.05, 3.63) is 35.9 Å². The summed E-state index contributed by atoms with van der Waals surface area (Å²) in [6.07, 6.45) is -1.34. The highest BCUT2D eigenvalue weighted by Gasteiger charge is 2.61. The van der Waals surface area contributed by atoms with Gasteiger partial charge in [0, 0.05) is 0 Å². The summed E-state index contributed by atoms with van der Waals surface area (Å²) >= 11 is 0. The first kappa shape index (κ1) is 17.5. The maximum Gasteiger partial charge on any atom is 0.402 e. The fraction of sp³-hybridized carbons (Fsp3) is 0.600. The first-order valence-corrected chi connectivity index (χ1v) is 8.96. The second-order valence-corrected chi connectivity index (χ2v) is 7.13. The number of alkyl halides is 2. The first-order valence-electron chi connectivity index (χ1n) is 7.42. The van der Waals surface area contributed by atoms with E-state index in [-0.39, 0.29) is 19.6 Å². The molecule has 1 aliphatic rings. The Labute approximate surface area is 129 Å². The summed E-state index contributed by atoms with van der Waals surface area (Å²) in [5, 5.41) is 0. The number of hydrogen-bond donors (Lipinski definition) is 0. The van der Waals surface area contributed by atoms with E-state index < -0.39 is 25.5 Å². The molecule has 7 heteroatoms. The third-order valence-corrected chi connectivity index (χ3v) is 5.76. The Bertz CT molecular complexity index is 514. The van der Waals surface area contributed by atoms with Crippen LogP contribution in [0.4, 0.5) is 8.78 Å². The molecule has 1 fully saturated rings. The van der Waals surface area contributed by atoms with E-state index in [0.29, 0.717) is 6.42 Å². The van der Waals surface area contributed by atoms with Crippen LogP contribution in [0.5, 0.6) is 0 Å². The normalized spacial score (nSPS) is 22.9. The van der Waals surface area contributed by atoms with E-state index in [9.17, 15) is 13.3 Å². The first-order chi connectivity index (χ1) is 10.4. The molecule has 0 amide bonds. The van der Waals surface area contributed by atoms with Crippen LogP contribution in [-0.2, 0) is 18.3 Å². The predicted molar refractivity (Wildman–Crippen MR) is 79.1 cm³/mol. The van der Waals surface area contributed by atoms with Crippen LogP contribution in [0.15, 0.2) is 30.3 Å². The number of ether oxygens (including phenoxy) is 1. The maximum atomic E-state index is 14.6. The van der Waals surface area contributed by atoms with Crippen LogP contribution in [-0.4, -0.2) is 25.0 Å². The van der Waals surface area contributed by atoms with Crippen molar-refractivity contribution in [2.45, 2.75) is 44.6 Å². The highest BCUT2D eigenvalue weighted by Crippen LogP contribution is 2.65. The molecule has 1 saturated heterocycles. The lowest BCUT2D eigenvalue weighted by molar-refractivity contribution is -0.0957.